The molecule has 3 heterocycles. The average Bonchev–Trinajstić information content (AvgIpc) is 3.10. The fourth-order valence-electron chi connectivity index (χ4n) is 2.01. The number of carbonyl (C=O) groups is 1. The Kier molecular flexibility index (Phi) is 4.76. The molecule has 0 fully saturated rings. The molecule has 0 bridgehead atoms. The van der Waals surface area contributed by atoms with Gasteiger partial charge in [-0.05, 0) is 24.3 Å². The minimum absolute atomic E-state index is 0.0949. The van der Waals surface area contributed by atoms with E-state index in [0.717, 1.165) is 11.3 Å². The van der Waals surface area contributed by atoms with Crippen LogP contribution in [-0.4, -0.2) is 44.5 Å². The summed E-state index contributed by atoms with van der Waals surface area (Å²) in [6.45, 7) is 0.402. The van der Waals surface area contributed by atoms with Crippen molar-refractivity contribution in [2.75, 3.05) is 18.9 Å². The SMILES string of the molecule is CN(Cc1nc(-c2ccncc2)no1)C(=O)CNc1cccnc1. The van der Waals surface area contributed by atoms with Crippen LogP contribution in [-0.2, 0) is 11.3 Å². The normalized spacial score (nSPS) is 10.4. The molecule has 1 amide bonds. The molecule has 8 nitrogen and oxygen atoms in total. The summed E-state index contributed by atoms with van der Waals surface area (Å²) in [5.41, 5.74) is 1.60. The molecule has 0 aliphatic carbocycles. The monoisotopic (exact) mass is 324 g/mol. The summed E-state index contributed by atoms with van der Waals surface area (Å²) >= 11 is 0. The van der Waals surface area contributed by atoms with E-state index in [9.17, 15) is 4.79 Å². The van der Waals surface area contributed by atoms with Crippen molar-refractivity contribution >= 4 is 11.6 Å². The molecule has 24 heavy (non-hydrogen) atoms. The number of pyridine rings is 2. The third-order valence-corrected chi connectivity index (χ3v) is 3.31. The topological polar surface area (TPSA) is 97.0 Å². The van der Waals surface area contributed by atoms with Crippen molar-refractivity contribution in [2.45, 2.75) is 6.54 Å². The summed E-state index contributed by atoms with van der Waals surface area (Å²) in [5, 5.41) is 6.93. The van der Waals surface area contributed by atoms with E-state index in [2.05, 4.69) is 25.4 Å². The Bertz CT molecular complexity index is 791. The Labute approximate surface area is 138 Å². The highest BCUT2D eigenvalue weighted by Gasteiger charge is 2.14. The first-order chi connectivity index (χ1) is 11.7. The molecule has 0 spiro atoms. The van der Waals surface area contributed by atoms with E-state index in [0.29, 0.717) is 11.7 Å². The van der Waals surface area contributed by atoms with Crippen molar-refractivity contribution in [1.29, 1.82) is 0 Å². The van der Waals surface area contributed by atoms with Crippen LogP contribution in [0.4, 0.5) is 5.69 Å². The predicted octanol–water partition coefficient (Wildman–Crippen LogP) is 1.60. The smallest absolute Gasteiger partial charge is 0.246 e. The number of amides is 1. The van der Waals surface area contributed by atoms with Crippen molar-refractivity contribution in [2.24, 2.45) is 0 Å². The molecule has 0 saturated carbocycles. The van der Waals surface area contributed by atoms with Gasteiger partial charge in [0.15, 0.2) is 0 Å². The van der Waals surface area contributed by atoms with Crippen LogP contribution in [0.25, 0.3) is 11.4 Å². The van der Waals surface area contributed by atoms with Crippen LogP contribution >= 0.6 is 0 Å². The Morgan fingerprint density at radius 2 is 2.04 bits per heavy atom. The maximum Gasteiger partial charge on any atom is 0.246 e. The Morgan fingerprint density at radius 1 is 1.21 bits per heavy atom. The molecule has 0 saturated heterocycles. The number of carbonyl (C=O) groups excluding carboxylic acids is 1. The quantitative estimate of drug-likeness (QED) is 0.735. The van der Waals surface area contributed by atoms with Gasteiger partial charge in [-0.15, -0.1) is 0 Å². The lowest BCUT2D eigenvalue weighted by Crippen LogP contribution is -2.31. The summed E-state index contributed by atoms with van der Waals surface area (Å²) in [6, 6.07) is 7.23. The van der Waals surface area contributed by atoms with E-state index in [1.54, 1.807) is 50.0 Å². The van der Waals surface area contributed by atoms with E-state index in [1.807, 2.05) is 6.07 Å². The maximum absolute atomic E-state index is 12.1. The largest absolute Gasteiger partial charge is 0.375 e. The molecule has 0 radical (unpaired) electrons. The summed E-state index contributed by atoms with van der Waals surface area (Å²) in [5.74, 6) is 0.753. The number of hydrogen-bond donors (Lipinski definition) is 1. The van der Waals surface area contributed by atoms with Crippen LogP contribution in [0.5, 0.6) is 0 Å². The van der Waals surface area contributed by atoms with Crippen molar-refractivity contribution in [3.8, 4) is 11.4 Å². The van der Waals surface area contributed by atoms with Gasteiger partial charge >= 0.3 is 0 Å². The average molecular weight is 324 g/mol. The van der Waals surface area contributed by atoms with Crippen molar-refractivity contribution in [3.05, 3.63) is 54.9 Å². The number of rotatable bonds is 6. The summed E-state index contributed by atoms with van der Waals surface area (Å²) in [7, 11) is 1.68. The summed E-state index contributed by atoms with van der Waals surface area (Å²) in [4.78, 5) is 25.9. The van der Waals surface area contributed by atoms with E-state index < -0.39 is 0 Å². The lowest BCUT2D eigenvalue weighted by Gasteiger charge is -2.15. The van der Waals surface area contributed by atoms with Crippen LogP contribution in [0.1, 0.15) is 5.89 Å². The standard InChI is InChI=1S/C16H16N6O2/c1-22(15(23)10-19-13-3-2-6-18-9-13)11-14-20-16(21-24-14)12-4-7-17-8-5-12/h2-9,19H,10-11H2,1H3. The van der Waals surface area contributed by atoms with Crippen LogP contribution in [0, 0.1) is 0 Å². The molecule has 1 N–H and O–H groups in total. The number of likely N-dealkylation sites (N-methyl/N-ethyl adjacent to an activating group) is 1. The van der Waals surface area contributed by atoms with Gasteiger partial charge in [-0.25, -0.2) is 0 Å². The summed E-state index contributed by atoms with van der Waals surface area (Å²) in [6.07, 6.45) is 6.65. The molecule has 3 aromatic heterocycles. The summed E-state index contributed by atoms with van der Waals surface area (Å²) < 4.78 is 5.20. The second kappa shape index (κ2) is 7.32. The highest BCUT2D eigenvalue weighted by atomic mass is 16.5. The van der Waals surface area contributed by atoms with Gasteiger partial charge in [-0.2, -0.15) is 4.98 Å². The minimum Gasteiger partial charge on any atom is -0.375 e. The molecular weight excluding hydrogens is 308 g/mol. The zero-order valence-electron chi connectivity index (χ0n) is 13.1. The number of anilines is 1. The van der Waals surface area contributed by atoms with Gasteiger partial charge in [-0.3, -0.25) is 14.8 Å². The Balaban J connectivity index is 1.55. The molecule has 0 aliphatic rings. The maximum atomic E-state index is 12.1. The minimum atomic E-state index is -0.0949. The van der Waals surface area contributed by atoms with Gasteiger partial charge in [0.05, 0.1) is 18.8 Å². The second-order valence-electron chi connectivity index (χ2n) is 5.09. The number of hydrogen-bond acceptors (Lipinski definition) is 7. The molecular formula is C16H16N6O2. The van der Waals surface area contributed by atoms with Crippen LogP contribution in [0.3, 0.4) is 0 Å². The number of aromatic nitrogens is 4. The third kappa shape index (κ3) is 3.92. The Hall–Kier alpha value is -3.29. The van der Waals surface area contributed by atoms with Crippen LogP contribution in [0.2, 0.25) is 0 Å². The predicted molar refractivity (Wildman–Crippen MR) is 86.7 cm³/mol. The second-order valence-corrected chi connectivity index (χ2v) is 5.09. The zero-order chi connectivity index (χ0) is 16.8. The van der Waals surface area contributed by atoms with Crippen molar-refractivity contribution in [3.63, 3.8) is 0 Å². The molecule has 0 aromatic carbocycles. The lowest BCUT2D eigenvalue weighted by molar-refractivity contribution is -0.128. The van der Waals surface area contributed by atoms with Gasteiger partial charge in [0, 0.05) is 37.4 Å². The van der Waals surface area contributed by atoms with Crippen LogP contribution in [0.15, 0.2) is 53.6 Å². The molecule has 3 rings (SSSR count). The van der Waals surface area contributed by atoms with E-state index in [4.69, 9.17) is 4.52 Å². The molecule has 0 atom stereocenters. The van der Waals surface area contributed by atoms with Crippen molar-refractivity contribution < 1.29 is 9.32 Å². The number of nitrogens with zero attached hydrogens (tertiary/aromatic N) is 5. The van der Waals surface area contributed by atoms with Gasteiger partial charge in [0.2, 0.25) is 17.6 Å². The number of nitrogens with one attached hydrogen (secondary N) is 1. The van der Waals surface area contributed by atoms with Gasteiger partial charge in [-0.1, -0.05) is 5.16 Å². The van der Waals surface area contributed by atoms with Crippen LogP contribution < -0.4 is 5.32 Å². The molecule has 0 aliphatic heterocycles. The molecule has 122 valence electrons. The Morgan fingerprint density at radius 3 is 2.79 bits per heavy atom. The van der Waals surface area contributed by atoms with Gasteiger partial charge in [0.1, 0.15) is 0 Å². The van der Waals surface area contributed by atoms with Crippen molar-refractivity contribution in [1.82, 2.24) is 25.0 Å². The van der Waals surface area contributed by atoms with E-state index >= 15 is 0 Å². The van der Waals surface area contributed by atoms with E-state index in [-0.39, 0.29) is 19.0 Å². The zero-order valence-corrected chi connectivity index (χ0v) is 13.1. The first-order valence-corrected chi connectivity index (χ1v) is 7.33. The molecule has 0 unspecified atom stereocenters. The fraction of sp³-hybridized carbons (Fsp3) is 0.188. The fourth-order valence-corrected chi connectivity index (χ4v) is 2.01. The first kappa shape index (κ1) is 15.6. The third-order valence-electron chi connectivity index (χ3n) is 3.31. The van der Waals surface area contributed by atoms with Gasteiger partial charge < -0.3 is 14.7 Å². The first-order valence-electron chi connectivity index (χ1n) is 7.33. The van der Waals surface area contributed by atoms with Gasteiger partial charge in [0.25, 0.3) is 0 Å². The highest BCUT2D eigenvalue weighted by molar-refractivity contribution is 5.80. The molecule has 3 aromatic rings. The van der Waals surface area contributed by atoms with E-state index in [1.165, 1.54) is 4.90 Å². The highest BCUT2D eigenvalue weighted by Crippen LogP contribution is 2.14. The molecule has 8 heteroatoms. The lowest BCUT2D eigenvalue weighted by atomic mass is 10.2.